The van der Waals surface area contributed by atoms with E-state index in [-0.39, 0.29) is 17.5 Å². The van der Waals surface area contributed by atoms with E-state index < -0.39 is 5.60 Å². The molecule has 2 amide bonds. The van der Waals surface area contributed by atoms with Gasteiger partial charge in [0.25, 0.3) is 5.91 Å². The molecule has 0 bridgehead atoms. The molecule has 1 atom stereocenters. The number of carbonyl (C=O) groups is 2. The van der Waals surface area contributed by atoms with Gasteiger partial charge in [-0.3, -0.25) is 4.79 Å². The van der Waals surface area contributed by atoms with Gasteiger partial charge in [0, 0.05) is 37.9 Å². The van der Waals surface area contributed by atoms with Crippen molar-refractivity contribution in [3.63, 3.8) is 0 Å². The van der Waals surface area contributed by atoms with Crippen molar-refractivity contribution in [1.29, 1.82) is 0 Å². The molecule has 2 aliphatic heterocycles. The normalized spacial score (nSPS) is 25.2. The van der Waals surface area contributed by atoms with E-state index in [4.69, 9.17) is 4.74 Å². The maximum absolute atomic E-state index is 12.6. The molecular weight excluding hydrogens is 282 g/mol. The summed E-state index contributed by atoms with van der Waals surface area (Å²) in [5.74, 6) is 0.00507. The van der Waals surface area contributed by atoms with E-state index in [1.54, 1.807) is 16.8 Å². The van der Waals surface area contributed by atoms with E-state index in [0.29, 0.717) is 31.6 Å². The second kappa shape index (κ2) is 4.76. The maximum Gasteiger partial charge on any atom is 0.410 e. The summed E-state index contributed by atoms with van der Waals surface area (Å²) >= 11 is 0. The fourth-order valence-electron chi connectivity index (χ4n) is 3.15. The Kier molecular flexibility index (Phi) is 3.23. The van der Waals surface area contributed by atoms with Gasteiger partial charge in [-0.1, -0.05) is 0 Å². The Morgan fingerprint density at radius 1 is 1.32 bits per heavy atom. The lowest BCUT2D eigenvalue weighted by atomic mass is 10.0. The summed E-state index contributed by atoms with van der Waals surface area (Å²) in [7, 11) is 1.73. The average Bonchev–Trinajstić information content (AvgIpc) is 3.09. The molecule has 1 aromatic rings. The Bertz CT molecular complexity index is 616. The second-order valence-corrected chi connectivity index (χ2v) is 7.36. The number of hydrogen-bond acceptors (Lipinski definition) is 3. The minimum atomic E-state index is -0.520. The van der Waals surface area contributed by atoms with Crippen LogP contribution in [0, 0.1) is 0 Å². The van der Waals surface area contributed by atoms with Crippen LogP contribution < -0.4 is 0 Å². The largest absolute Gasteiger partial charge is 0.439 e. The molecule has 120 valence electrons. The van der Waals surface area contributed by atoms with E-state index in [9.17, 15) is 9.59 Å². The highest BCUT2D eigenvalue weighted by atomic mass is 16.6. The minimum absolute atomic E-state index is 0.00507. The fourth-order valence-corrected chi connectivity index (χ4v) is 3.15. The molecule has 0 unspecified atom stereocenters. The van der Waals surface area contributed by atoms with Gasteiger partial charge in [0.1, 0.15) is 0 Å². The number of aromatic nitrogens is 1. The maximum atomic E-state index is 12.6. The number of hydrogen-bond donors (Lipinski definition) is 0. The van der Waals surface area contributed by atoms with E-state index in [2.05, 4.69) is 20.8 Å². The third-order valence-electron chi connectivity index (χ3n) is 4.46. The van der Waals surface area contributed by atoms with Crippen molar-refractivity contribution < 1.29 is 14.3 Å². The van der Waals surface area contributed by atoms with E-state index in [1.807, 2.05) is 23.0 Å². The molecule has 0 saturated carbocycles. The molecule has 2 saturated heterocycles. The van der Waals surface area contributed by atoms with Crippen molar-refractivity contribution in [2.45, 2.75) is 38.3 Å². The number of nitrogens with zero attached hydrogens (tertiary/aromatic N) is 3. The summed E-state index contributed by atoms with van der Waals surface area (Å²) in [6, 6.07) is 1.85. The molecule has 0 aliphatic carbocycles. The molecule has 0 aromatic carbocycles. The first-order valence-corrected chi connectivity index (χ1v) is 7.62. The van der Waals surface area contributed by atoms with Crippen LogP contribution in [0.25, 0.3) is 0 Å². The molecule has 6 nitrogen and oxygen atoms in total. The Balaban J connectivity index is 1.72. The number of likely N-dealkylation sites (tertiary alicyclic amines) is 1. The molecule has 0 radical (unpaired) electrons. The summed E-state index contributed by atoms with van der Waals surface area (Å²) in [5.41, 5.74) is 0.118. The third kappa shape index (κ3) is 2.46. The summed E-state index contributed by atoms with van der Waals surface area (Å²) in [4.78, 5) is 27.6. The monoisotopic (exact) mass is 305 g/mol. The summed E-state index contributed by atoms with van der Waals surface area (Å²) in [6.07, 6.45) is 4.23. The topological polar surface area (TPSA) is 54.8 Å². The highest BCUT2D eigenvalue weighted by Gasteiger charge is 2.49. The second-order valence-electron chi connectivity index (χ2n) is 7.36. The molecule has 6 heteroatoms. The van der Waals surface area contributed by atoms with Gasteiger partial charge in [0.05, 0.1) is 18.7 Å². The van der Waals surface area contributed by atoms with Crippen molar-refractivity contribution in [3.05, 3.63) is 24.0 Å². The van der Waals surface area contributed by atoms with E-state index in [1.165, 1.54) is 0 Å². The third-order valence-corrected chi connectivity index (χ3v) is 4.46. The van der Waals surface area contributed by atoms with Crippen molar-refractivity contribution in [2.75, 3.05) is 26.7 Å². The Labute approximate surface area is 130 Å². The average molecular weight is 305 g/mol. The molecule has 1 spiro atoms. The van der Waals surface area contributed by atoms with E-state index >= 15 is 0 Å². The van der Waals surface area contributed by atoms with Crippen LogP contribution in [0.4, 0.5) is 4.79 Å². The van der Waals surface area contributed by atoms with Crippen LogP contribution >= 0.6 is 0 Å². The smallest absolute Gasteiger partial charge is 0.410 e. The first-order valence-electron chi connectivity index (χ1n) is 7.62. The number of ether oxygens (including phenoxy) is 1. The fraction of sp³-hybridized carbons (Fsp3) is 0.625. The molecule has 2 fully saturated rings. The highest BCUT2D eigenvalue weighted by molar-refractivity contribution is 5.94. The Hall–Kier alpha value is -1.98. The zero-order valence-corrected chi connectivity index (χ0v) is 13.6. The first-order chi connectivity index (χ1) is 10.2. The number of rotatable bonds is 1. The van der Waals surface area contributed by atoms with Crippen molar-refractivity contribution in [1.82, 2.24) is 14.4 Å². The standard InChI is InChI=1S/C16H23N3O3/c1-15(2,3)19-7-5-12(9-19)13(20)18-8-6-16(11-18)10-17(4)14(21)22-16/h5,7,9H,6,8,10-11H2,1-4H3/t16-/m1/s1. The van der Waals surface area contributed by atoms with Gasteiger partial charge in [0.15, 0.2) is 5.60 Å². The van der Waals surface area contributed by atoms with Crippen molar-refractivity contribution in [2.24, 2.45) is 0 Å². The molecule has 0 N–H and O–H groups in total. The van der Waals surface area contributed by atoms with Crippen LogP contribution in [0.3, 0.4) is 0 Å². The molecule has 3 heterocycles. The molecular formula is C16H23N3O3. The number of amides is 2. The van der Waals surface area contributed by atoms with Crippen LogP contribution in [-0.2, 0) is 10.3 Å². The van der Waals surface area contributed by atoms with Gasteiger partial charge in [-0.2, -0.15) is 0 Å². The van der Waals surface area contributed by atoms with Crippen molar-refractivity contribution in [3.8, 4) is 0 Å². The zero-order valence-electron chi connectivity index (χ0n) is 13.6. The van der Waals surface area contributed by atoms with Gasteiger partial charge in [-0.15, -0.1) is 0 Å². The van der Waals surface area contributed by atoms with Gasteiger partial charge in [-0.05, 0) is 26.8 Å². The predicted octanol–water partition coefficient (Wildman–Crippen LogP) is 1.91. The summed E-state index contributed by atoms with van der Waals surface area (Å²) in [5, 5.41) is 0. The van der Waals surface area contributed by atoms with Gasteiger partial charge in [-0.25, -0.2) is 4.79 Å². The molecule has 2 aliphatic rings. The minimum Gasteiger partial charge on any atom is -0.439 e. The number of carbonyl (C=O) groups excluding carboxylic acids is 2. The lowest BCUT2D eigenvalue weighted by Gasteiger charge is -2.22. The van der Waals surface area contributed by atoms with E-state index in [0.717, 1.165) is 0 Å². The Morgan fingerprint density at radius 2 is 2.05 bits per heavy atom. The first kappa shape index (κ1) is 14.9. The van der Waals surface area contributed by atoms with Crippen molar-refractivity contribution >= 4 is 12.0 Å². The van der Waals surface area contributed by atoms with Crippen LogP contribution in [0.1, 0.15) is 37.6 Å². The summed E-state index contributed by atoms with van der Waals surface area (Å²) < 4.78 is 7.52. The van der Waals surface area contributed by atoms with Crippen LogP contribution in [0.5, 0.6) is 0 Å². The lowest BCUT2D eigenvalue weighted by molar-refractivity contribution is 0.0553. The van der Waals surface area contributed by atoms with Crippen LogP contribution in [0.15, 0.2) is 18.5 Å². The predicted molar refractivity (Wildman–Crippen MR) is 81.8 cm³/mol. The van der Waals surface area contributed by atoms with Gasteiger partial charge >= 0.3 is 6.09 Å². The highest BCUT2D eigenvalue weighted by Crippen LogP contribution is 2.32. The molecule has 1 aromatic heterocycles. The van der Waals surface area contributed by atoms with Crippen LogP contribution in [-0.4, -0.2) is 58.7 Å². The van der Waals surface area contributed by atoms with Gasteiger partial charge < -0.3 is 19.1 Å². The number of likely N-dealkylation sites (N-methyl/N-ethyl adjacent to an activating group) is 1. The molecule has 3 rings (SSSR count). The van der Waals surface area contributed by atoms with Crippen LogP contribution in [0.2, 0.25) is 0 Å². The van der Waals surface area contributed by atoms with Gasteiger partial charge in [0.2, 0.25) is 0 Å². The Morgan fingerprint density at radius 3 is 2.59 bits per heavy atom. The summed E-state index contributed by atoms with van der Waals surface area (Å²) in [6.45, 7) is 7.95. The lowest BCUT2D eigenvalue weighted by Crippen LogP contribution is -2.39. The molecule has 22 heavy (non-hydrogen) atoms. The zero-order chi connectivity index (χ0) is 16.1. The SMILES string of the molecule is CN1C[C@@]2(CCN(C(=O)c3ccn(C(C)(C)C)c3)C2)OC1=O. The quantitative estimate of drug-likeness (QED) is 0.796.